The summed E-state index contributed by atoms with van der Waals surface area (Å²) in [5.74, 6) is 0.00697. The van der Waals surface area contributed by atoms with E-state index in [1.165, 1.54) is 161 Å². The maximum absolute atomic E-state index is 11.8. The van der Waals surface area contributed by atoms with E-state index in [2.05, 4.69) is 13.8 Å². The lowest BCUT2D eigenvalue weighted by Crippen LogP contribution is -2.05. The Bertz CT molecular complexity index is 487. The standard InChI is InChI=1S/C37H72O4/c1-3-5-7-9-11-20-24-28-32-36(38)40-34-30-26-22-18-16-14-13-15-17-19-23-27-31-35-41-37(39)33-29-25-21-12-10-8-6-4-2/h3-35H2,1-2H3. The topological polar surface area (TPSA) is 52.6 Å². The van der Waals surface area contributed by atoms with E-state index in [-0.39, 0.29) is 11.9 Å². The van der Waals surface area contributed by atoms with Crippen molar-refractivity contribution >= 4 is 11.9 Å². The lowest BCUT2D eigenvalue weighted by Gasteiger charge is -2.06. The molecule has 0 aromatic heterocycles. The molecular formula is C37H72O4. The van der Waals surface area contributed by atoms with Crippen LogP contribution in [0.2, 0.25) is 0 Å². The average Bonchev–Trinajstić information content (AvgIpc) is 2.97. The van der Waals surface area contributed by atoms with Crippen LogP contribution in [0.1, 0.15) is 213 Å². The molecule has 0 heterocycles. The van der Waals surface area contributed by atoms with Crippen LogP contribution in [0.3, 0.4) is 0 Å². The summed E-state index contributed by atoms with van der Waals surface area (Å²) >= 11 is 0. The molecule has 0 N–H and O–H groups in total. The van der Waals surface area contributed by atoms with E-state index >= 15 is 0 Å². The van der Waals surface area contributed by atoms with E-state index in [1.807, 2.05) is 0 Å². The molecule has 0 radical (unpaired) electrons. The molecular weight excluding hydrogens is 508 g/mol. The predicted molar refractivity (Wildman–Crippen MR) is 176 cm³/mol. The molecule has 0 aliphatic rings. The molecule has 0 aromatic rings. The Morgan fingerprint density at radius 1 is 0.317 bits per heavy atom. The van der Waals surface area contributed by atoms with E-state index < -0.39 is 0 Å². The van der Waals surface area contributed by atoms with Gasteiger partial charge in [0.15, 0.2) is 0 Å². The molecule has 4 nitrogen and oxygen atoms in total. The van der Waals surface area contributed by atoms with Gasteiger partial charge in [-0.1, -0.05) is 174 Å². The van der Waals surface area contributed by atoms with Crippen molar-refractivity contribution in [2.75, 3.05) is 13.2 Å². The molecule has 0 aliphatic carbocycles. The minimum Gasteiger partial charge on any atom is -0.466 e. The molecule has 0 aromatic carbocycles. The molecule has 0 saturated heterocycles. The summed E-state index contributed by atoms with van der Waals surface area (Å²) in [5, 5.41) is 0. The number of ether oxygens (including phenoxy) is 2. The van der Waals surface area contributed by atoms with E-state index in [1.54, 1.807) is 0 Å². The van der Waals surface area contributed by atoms with Gasteiger partial charge in [-0.25, -0.2) is 0 Å². The molecule has 0 amide bonds. The van der Waals surface area contributed by atoms with Crippen LogP contribution in [-0.4, -0.2) is 25.2 Å². The smallest absolute Gasteiger partial charge is 0.305 e. The van der Waals surface area contributed by atoms with E-state index in [9.17, 15) is 9.59 Å². The quantitative estimate of drug-likeness (QED) is 0.0561. The summed E-state index contributed by atoms with van der Waals surface area (Å²) < 4.78 is 10.8. The highest BCUT2D eigenvalue weighted by Crippen LogP contribution is 2.14. The molecule has 0 aliphatic heterocycles. The number of unbranched alkanes of at least 4 members (excludes halogenated alkanes) is 26. The zero-order chi connectivity index (χ0) is 29.9. The van der Waals surface area contributed by atoms with Crippen LogP contribution in [0, 0.1) is 0 Å². The first-order chi connectivity index (χ1) is 20.2. The Kier molecular flexibility index (Phi) is 34.2. The second kappa shape index (κ2) is 35.1. The second-order valence-corrected chi connectivity index (χ2v) is 12.5. The Hall–Kier alpha value is -1.06. The first kappa shape index (κ1) is 39.9. The number of rotatable bonds is 34. The van der Waals surface area contributed by atoms with Crippen LogP contribution in [0.25, 0.3) is 0 Å². The number of hydrogen-bond acceptors (Lipinski definition) is 4. The maximum atomic E-state index is 11.8. The molecule has 41 heavy (non-hydrogen) atoms. The summed E-state index contributed by atoms with van der Waals surface area (Å²) in [7, 11) is 0. The average molecular weight is 581 g/mol. The fourth-order valence-corrected chi connectivity index (χ4v) is 5.47. The molecule has 244 valence electrons. The van der Waals surface area contributed by atoms with Crippen LogP contribution in [0.15, 0.2) is 0 Å². The van der Waals surface area contributed by atoms with Crippen molar-refractivity contribution in [3.05, 3.63) is 0 Å². The van der Waals surface area contributed by atoms with Crippen molar-refractivity contribution in [2.45, 2.75) is 213 Å². The molecule has 0 fully saturated rings. The van der Waals surface area contributed by atoms with Gasteiger partial charge in [0.2, 0.25) is 0 Å². The zero-order valence-corrected chi connectivity index (χ0v) is 28.0. The van der Waals surface area contributed by atoms with Crippen molar-refractivity contribution in [1.29, 1.82) is 0 Å². The van der Waals surface area contributed by atoms with Crippen molar-refractivity contribution in [3.8, 4) is 0 Å². The number of carbonyl (C=O) groups is 2. The first-order valence-corrected chi connectivity index (χ1v) is 18.5. The Labute approximate surface area is 256 Å². The van der Waals surface area contributed by atoms with Crippen LogP contribution in [-0.2, 0) is 19.1 Å². The fraction of sp³-hybridized carbons (Fsp3) is 0.946. The summed E-state index contributed by atoms with van der Waals surface area (Å²) in [6, 6.07) is 0. The van der Waals surface area contributed by atoms with Crippen LogP contribution < -0.4 is 0 Å². The van der Waals surface area contributed by atoms with Crippen molar-refractivity contribution < 1.29 is 19.1 Å². The van der Waals surface area contributed by atoms with Gasteiger partial charge in [-0.15, -0.1) is 0 Å². The lowest BCUT2D eigenvalue weighted by molar-refractivity contribution is -0.144. The summed E-state index contributed by atoms with van der Waals surface area (Å²) in [4.78, 5) is 23.7. The normalized spacial score (nSPS) is 11.2. The first-order valence-electron chi connectivity index (χ1n) is 18.5. The molecule has 4 heteroatoms. The monoisotopic (exact) mass is 581 g/mol. The van der Waals surface area contributed by atoms with Gasteiger partial charge in [-0.05, 0) is 25.7 Å². The zero-order valence-electron chi connectivity index (χ0n) is 28.0. The minimum atomic E-state index is 0.00348. The van der Waals surface area contributed by atoms with Gasteiger partial charge in [-0.3, -0.25) is 9.59 Å². The van der Waals surface area contributed by atoms with Crippen molar-refractivity contribution in [2.24, 2.45) is 0 Å². The van der Waals surface area contributed by atoms with Gasteiger partial charge in [0, 0.05) is 12.8 Å². The van der Waals surface area contributed by atoms with Gasteiger partial charge < -0.3 is 9.47 Å². The number of esters is 2. The summed E-state index contributed by atoms with van der Waals surface area (Å²) in [5.41, 5.74) is 0. The minimum absolute atomic E-state index is 0.00348. The molecule has 0 spiro atoms. The van der Waals surface area contributed by atoms with Gasteiger partial charge in [-0.2, -0.15) is 0 Å². The number of carbonyl (C=O) groups excluding carboxylic acids is 2. The molecule has 0 saturated carbocycles. The van der Waals surface area contributed by atoms with E-state index in [0.717, 1.165) is 25.7 Å². The van der Waals surface area contributed by atoms with E-state index in [4.69, 9.17) is 9.47 Å². The molecule has 0 rings (SSSR count). The third-order valence-electron chi connectivity index (χ3n) is 8.28. The van der Waals surface area contributed by atoms with Gasteiger partial charge in [0.1, 0.15) is 0 Å². The Morgan fingerprint density at radius 3 is 0.805 bits per heavy atom. The maximum Gasteiger partial charge on any atom is 0.305 e. The Morgan fingerprint density at radius 2 is 0.537 bits per heavy atom. The van der Waals surface area contributed by atoms with E-state index in [0.29, 0.717) is 26.1 Å². The van der Waals surface area contributed by atoms with Crippen LogP contribution >= 0.6 is 0 Å². The highest BCUT2D eigenvalue weighted by molar-refractivity contribution is 5.69. The molecule has 0 unspecified atom stereocenters. The second-order valence-electron chi connectivity index (χ2n) is 12.5. The molecule has 0 bridgehead atoms. The molecule has 0 atom stereocenters. The highest BCUT2D eigenvalue weighted by atomic mass is 16.5. The third-order valence-corrected chi connectivity index (χ3v) is 8.28. The third kappa shape index (κ3) is 35.0. The fourth-order valence-electron chi connectivity index (χ4n) is 5.47. The van der Waals surface area contributed by atoms with Gasteiger partial charge in [0.05, 0.1) is 13.2 Å². The summed E-state index contributed by atoms with van der Waals surface area (Å²) in [6.45, 7) is 5.72. The SMILES string of the molecule is CCCCCCCCCCC(=O)OCCCCCCCCCCCCCCCOC(=O)CCCCCCCCCC. The predicted octanol–water partition coefficient (Wildman–Crippen LogP) is 12.2. The largest absolute Gasteiger partial charge is 0.466 e. The van der Waals surface area contributed by atoms with Crippen molar-refractivity contribution in [3.63, 3.8) is 0 Å². The highest BCUT2D eigenvalue weighted by Gasteiger charge is 2.04. The van der Waals surface area contributed by atoms with Crippen molar-refractivity contribution in [1.82, 2.24) is 0 Å². The lowest BCUT2D eigenvalue weighted by atomic mass is 10.0. The summed E-state index contributed by atoms with van der Waals surface area (Å²) in [6.07, 6.45) is 37.7. The van der Waals surface area contributed by atoms with Gasteiger partial charge in [0.25, 0.3) is 0 Å². The van der Waals surface area contributed by atoms with Gasteiger partial charge >= 0.3 is 11.9 Å². The van der Waals surface area contributed by atoms with Crippen LogP contribution in [0.4, 0.5) is 0 Å². The number of hydrogen-bond donors (Lipinski definition) is 0. The Balaban J connectivity index is 3.19. The van der Waals surface area contributed by atoms with Crippen LogP contribution in [0.5, 0.6) is 0 Å².